The molecule has 110 valence electrons. The van der Waals surface area contributed by atoms with Gasteiger partial charge in [-0.15, -0.1) is 0 Å². The lowest BCUT2D eigenvalue weighted by molar-refractivity contribution is -0.130. The standard InChI is InChI=1S/C14H20N2OS3/c1-2-12-14(17)16(7-11-9-19-5-6-20-11)13(15-12)10-3-4-18-8-10/h3-4,8,11-13,15H,2,5-7,9H2,1H3. The van der Waals surface area contributed by atoms with Crippen LogP contribution in [0.25, 0.3) is 0 Å². The van der Waals surface area contributed by atoms with Crippen LogP contribution in [-0.4, -0.2) is 45.9 Å². The van der Waals surface area contributed by atoms with Crippen LogP contribution < -0.4 is 5.32 Å². The van der Waals surface area contributed by atoms with Crippen molar-refractivity contribution in [2.75, 3.05) is 23.8 Å². The van der Waals surface area contributed by atoms with E-state index in [4.69, 9.17) is 0 Å². The molecule has 3 atom stereocenters. The van der Waals surface area contributed by atoms with E-state index in [0.29, 0.717) is 5.25 Å². The molecule has 2 aliphatic heterocycles. The van der Waals surface area contributed by atoms with Crippen molar-refractivity contribution in [3.8, 4) is 0 Å². The third-order valence-corrected chi connectivity index (χ3v) is 7.33. The molecule has 20 heavy (non-hydrogen) atoms. The third kappa shape index (κ3) is 3.03. The van der Waals surface area contributed by atoms with E-state index in [9.17, 15) is 4.79 Å². The van der Waals surface area contributed by atoms with Crippen molar-refractivity contribution in [1.29, 1.82) is 0 Å². The van der Waals surface area contributed by atoms with Crippen LogP contribution in [0.4, 0.5) is 0 Å². The third-order valence-electron chi connectivity index (χ3n) is 3.80. The van der Waals surface area contributed by atoms with Crippen molar-refractivity contribution < 1.29 is 4.79 Å². The van der Waals surface area contributed by atoms with Gasteiger partial charge in [0.05, 0.1) is 6.04 Å². The van der Waals surface area contributed by atoms with Gasteiger partial charge in [-0.3, -0.25) is 10.1 Å². The molecule has 1 aromatic heterocycles. The van der Waals surface area contributed by atoms with Crippen molar-refractivity contribution in [1.82, 2.24) is 10.2 Å². The van der Waals surface area contributed by atoms with Crippen LogP contribution in [0.5, 0.6) is 0 Å². The molecule has 1 aromatic rings. The normalized spacial score (nSPS) is 30.9. The first kappa shape index (κ1) is 14.8. The Hall–Kier alpha value is -0.170. The Morgan fingerprint density at radius 1 is 1.45 bits per heavy atom. The van der Waals surface area contributed by atoms with Gasteiger partial charge in [-0.05, 0) is 28.8 Å². The predicted molar refractivity (Wildman–Crippen MR) is 89.6 cm³/mol. The van der Waals surface area contributed by atoms with Gasteiger partial charge in [-0.2, -0.15) is 34.9 Å². The summed E-state index contributed by atoms with van der Waals surface area (Å²) in [6, 6.07) is 2.12. The summed E-state index contributed by atoms with van der Waals surface area (Å²) < 4.78 is 0. The second-order valence-electron chi connectivity index (χ2n) is 5.15. The molecule has 6 heteroatoms. The first-order valence-corrected chi connectivity index (χ1v) is 10.2. The minimum atomic E-state index is -0.0128. The first-order chi connectivity index (χ1) is 9.79. The minimum absolute atomic E-state index is 0.0128. The Balaban J connectivity index is 1.75. The molecule has 3 unspecified atom stereocenters. The number of thioether (sulfide) groups is 2. The molecular formula is C14H20N2OS3. The largest absolute Gasteiger partial charge is 0.320 e. The number of hydrogen-bond donors (Lipinski definition) is 1. The number of amides is 1. The number of thiophene rings is 1. The van der Waals surface area contributed by atoms with Gasteiger partial charge in [0.2, 0.25) is 5.91 Å². The summed E-state index contributed by atoms with van der Waals surface area (Å²) in [5, 5.41) is 8.32. The maximum atomic E-state index is 12.6. The van der Waals surface area contributed by atoms with Crippen molar-refractivity contribution in [3.63, 3.8) is 0 Å². The SMILES string of the molecule is CCC1NC(c2ccsc2)N(CC2CSCCS2)C1=O. The summed E-state index contributed by atoms with van der Waals surface area (Å²) in [7, 11) is 0. The van der Waals surface area contributed by atoms with Crippen LogP contribution in [0.1, 0.15) is 25.1 Å². The van der Waals surface area contributed by atoms with Gasteiger partial charge in [-0.1, -0.05) is 6.92 Å². The number of nitrogens with zero attached hydrogens (tertiary/aromatic N) is 1. The maximum Gasteiger partial charge on any atom is 0.241 e. The highest BCUT2D eigenvalue weighted by Crippen LogP contribution is 2.31. The molecule has 3 heterocycles. The van der Waals surface area contributed by atoms with E-state index in [-0.39, 0.29) is 18.1 Å². The lowest BCUT2D eigenvalue weighted by Crippen LogP contribution is -2.38. The molecule has 0 aliphatic carbocycles. The zero-order chi connectivity index (χ0) is 13.9. The summed E-state index contributed by atoms with van der Waals surface area (Å²) in [4.78, 5) is 14.6. The van der Waals surface area contributed by atoms with Crippen LogP contribution in [0.2, 0.25) is 0 Å². The average molecular weight is 329 g/mol. The Morgan fingerprint density at radius 2 is 2.35 bits per heavy atom. The summed E-state index contributed by atoms with van der Waals surface area (Å²) >= 11 is 5.73. The van der Waals surface area contributed by atoms with Gasteiger partial charge >= 0.3 is 0 Å². The fraction of sp³-hybridized carbons (Fsp3) is 0.643. The zero-order valence-corrected chi connectivity index (χ0v) is 14.0. The lowest BCUT2D eigenvalue weighted by atomic mass is 10.2. The molecule has 0 aromatic carbocycles. The van der Waals surface area contributed by atoms with Crippen molar-refractivity contribution in [3.05, 3.63) is 22.4 Å². The lowest BCUT2D eigenvalue weighted by Gasteiger charge is -2.29. The van der Waals surface area contributed by atoms with Crippen molar-refractivity contribution in [2.24, 2.45) is 0 Å². The second-order valence-corrected chi connectivity index (χ2v) is 8.48. The van der Waals surface area contributed by atoms with E-state index < -0.39 is 0 Å². The molecular weight excluding hydrogens is 308 g/mol. The van der Waals surface area contributed by atoms with Gasteiger partial charge in [0, 0.05) is 29.1 Å². The number of rotatable bonds is 4. The quantitative estimate of drug-likeness (QED) is 0.921. The summed E-state index contributed by atoms with van der Waals surface area (Å²) in [6.07, 6.45) is 0.939. The zero-order valence-electron chi connectivity index (χ0n) is 11.6. The second kappa shape index (κ2) is 6.73. The number of carbonyl (C=O) groups is 1. The summed E-state index contributed by atoms with van der Waals surface area (Å²) in [5.74, 6) is 3.91. The fourth-order valence-electron chi connectivity index (χ4n) is 2.74. The Morgan fingerprint density at radius 3 is 3.00 bits per heavy atom. The van der Waals surface area contributed by atoms with Gasteiger partial charge < -0.3 is 4.90 Å². The van der Waals surface area contributed by atoms with E-state index in [1.165, 1.54) is 22.8 Å². The number of hydrogen-bond acceptors (Lipinski definition) is 5. The Kier molecular flexibility index (Phi) is 4.96. The minimum Gasteiger partial charge on any atom is -0.320 e. The molecule has 2 saturated heterocycles. The molecule has 0 radical (unpaired) electrons. The van der Waals surface area contributed by atoms with Gasteiger partial charge in [0.25, 0.3) is 0 Å². The summed E-state index contributed by atoms with van der Waals surface area (Å²) in [5.41, 5.74) is 1.23. The Labute approximate surface area is 132 Å². The molecule has 0 saturated carbocycles. The average Bonchev–Trinajstić information content (AvgIpc) is 3.10. The van der Waals surface area contributed by atoms with Gasteiger partial charge in [0.1, 0.15) is 6.17 Å². The maximum absolute atomic E-state index is 12.6. The van der Waals surface area contributed by atoms with E-state index in [0.717, 1.165) is 13.0 Å². The number of nitrogens with one attached hydrogen (secondary N) is 1. The number of carbonyl (C=O) groups excluding carboxylic acids is 1. The molecule has 2 fully saturated rings. The van der Waals surface area contributed by atoms with Crippen LogP contribution in [-0.2, 0) is 4.79 Å². The molecule has 1 amide bonds. The predicted octanol–water partition coefficient (Wildman–Crippen LogP) is 2.81. The summed E-state index contributed by atoms with van der Waals surface area (Å²) in [6.45, 7) is 2.95. The van der Waals surface area contributed by atoms with E-state index in [1.54, 1.807) is 11.3 Å². The fourth-order valence-corrected chi connectivity index (χ4v) is 6.08. The van der Waals surface area contributed by atoms with Crippen LogP contribution >= 0.6 is 34.9 Å². The molecule has 0 spiro atoms. The van der Waals surface area contributed by atoms with E-state index >= 15 is 0 Å². The Bertz CT molecular complexity index is 445. The molecule has 0 bridgehead atoms. The highest BCUT2D eigenvalue weighted by molar-refractivity contribution is 8.06. The molecule has 2 aliphatic rings. The van der Waals surface area contributed by atoms with Gasteiger partial charge in [0.15, 0.2) is 0 Å². The van der Waals surface area contributed by atoms with Crippen molar-refractivity contribution >= 4 is 40.8 Å². The monoisotopic (exact) mass is 328 g/mol. The van der Waals surface area contributed by atoms with Crippen molar-refractivity contribution in [2.45, 2.75) is 30.8 Å². The highest BCUT2D eigenvalue weighted by Gasteiger charge is 2.39. The van der Waals surface area contributed by atoms with E-state index in [2.05, 4.69) is 34.0 Å². The van der Waals surface area contributed by atoms with Crippen LogP contribution in [0.3, 0.4) is 0 Å². The first-order valence-electron chi connectivity index (χ1n) is 7.07. The smallest absolute Gasteiger partial charge is 0.241 e. The van der Waals surface area contributed by atoms with Crippen LogP contribution in [0, 0.1) is 0 Å². The van der Waals surface area contributed by atoms with Crippen LogP contribution in [0.15, 0.2) is 16.8 Å². The molecule has 1 N–H and O–H groups in total. The highest BCUT2D eigenvalue weighted by atomic mass is 32.2. The van der Waals surface area contributed by atoms with E-state index in [1.807, 2.05) is 23.5 Å². The van der Waals surface area contributed by atoms with Gasteiger partial charge in [-0.25, -0.2) is 0 Å². The topological polar surface area (TPSA) is 32.3 Å². The molecule has 3 rings (SSSR count). The molecule has 3 nitrogen and oxygen atoms in total.